The number of hydrogen-bond acceptors (Lipinski definition) is 5. The smallest absolute Gasteiger partial charge is 0.252 e. The van der Waals surface area contributed by atoms with E-state index in [2.05, 4.69) is 10.4 Å². The number of hydrogen-bond donors (Lipinski definition) is 1. The number of nitrogens with zero attached hydrogens (tertiary/aromatic N) is 4. The number of rotatable bonds is 7. The molecule has 0 aliphatic heterocycles. The van der Waals surface area contributed by atoms with E-state index in [-0.39, 0.29) is 18.6 Å². The van der Waals surface area contributed by atoms with Crippen LogP contribution in [0.1, 0.15) is 35.8 Å². The Morgan fingerprint density at radius 3 is 2.72 bits per heavy atom. The molecule has 4 rings (SSSR count). The molecule has 7 nitrogen and oxygen atoms in total. The zero-order valence-electron chi connectivity index (χ0n) is 17.9. The molecule has 4 aromatic rings. The van der Waals surface area contributed by atoms with Gasteiger partial charge in [0.15, 0.2) is 12.3 Å². The summed E-state index contributed by atoms with van der Waals surface area (Å²) in [5.41, 5.74) is 3.73. The van der Waals surface area contributed by atoms with Crippen LogP contribution in [0, 0.1) is 11.3 Å². The summed E-state index contributed by atoms with van der Waals surface area (Å²) in [5.74, 6) is 0.385. The van der Waals surface area contributed by atoms with Gasteiger partial charge in [-0.15, -0.1) is 0 Å². The maximum atomic E-state index is 13.2. The molecule has 0 unspecified atom stereocenters. The van der Waals surface area contributed by atoms with Gasteiger partial charge in [-0.05, 0) is 37.6 Å². The van der Waals surface area contributed by atoms with Crippen LogP contribution in [0.4, 0.5) is 0 Å². The topological polar surface area (TPSA) is 92.8 Å². The van der Waals surface area contributed by atoms with Gasteiger partial charge in [-0.2, -0.15) is 10.4 Å². The van der Waals surface area contributed by atoms with Crippen LogP contribution in [0.3, 0.4) is 0 Å². The molecule has 7 heteroatoms. The Hall–Kier alpha value is -4.18. The molecule has 1 N–H and O–H groups in total. The second-order valence-electron chi connectivity index (χ2n) is 7.62. The molecule has 0 saturated heterocycles. The van der Waals surface area contributed by atoms with E-state index in [1.165, 1.54) is 0 Å². The van der Waals surface area contributed by atoms with Crippen molar-refractivity contribution in [1.29, 1.82) is 5.26 Å². The third-order valence-corrected chi connectivity index (χ3v) is 5.02. The summed E-state index contributed by atoms with van der Waals surface area (Å²) in [7, 11) is 0. The molecular formula is C25H23N5O2. The Morgan fingerprint density at radius 2 is 1.97 bits per heavy atom. The highest BCUT2D eigenvalue weighted by atomic mass is 16.5. The summed E-state index contributed by atoms with van der Waals surface area (Å²) < 4.78 is 7.17. The molecular weight excluding hydrogens is 402 g/mol. The van der Waals surface area contributed by atoms with Crippen molar-refractivity contribution < 1.29 is 9.53 Å². The first-order valence-electron chi connectivity index (χ1n) is 10.4. The predicted molar refractivity (Wildman–Crippen MR) is 122 cm³/mol. The summed E-state index contributed by atoms with van der Waals surface area (Å²) in [6.45, 7) is 4.37. The highest BCUT2D eigenvalue weighted by Crippen LogP contribution is 2.26. The molecule has 0 bridgehead atoms. The van der Waals surface area contributed by atoms with E-state index in [1.54, 1.807) is 12.3 Å². The lowest BCUT2D eigenvalue weighted by atomic mass is 10.1. The maximum Gasteiger partial charge on any atom is 0.252 e. The Balaban J connectivity index is 1.65. The van der Waals surface area contributed by atoms with Crippen molar-refractivity contribution in [1.82, 2.24) is 20.1 Å². The van der Waals surface area contributed by atoms with Gasteiger partial charge in [-0.1, -0.05) is 42.5 Å². The van der Waals surface area contributed by atoms with E-state index in [1.807, 2.05) is 79.2 Å². The van der Waals surface area contributed by atoms with Gasteiger partial charge in [0.2, 0.25) is 0 Å². The number of aromatic nitrogens is 3. The van der Waals surface area contributed by atoms with Crippen LogP contribution in [0.2, 0.25) is 0 Å². The lowest BCUT2D eigenvalue weighted by Crippen LogP contribution is -2.23. The van der Waals surface area contributed by atoms with Gasteiger partial charge in [0.1, 0.15) is 11.8 Å². The summed E-state index contributed by atoms with van der Waals surface area (Å²) in [5, 5.41) is 16.8. The standard InChI is InChI=1S/C25H23N5O2/c1-17(2)30-24-22(16-28-30)21(14-23(29-24)19-8-4-3-5-9-19)25(31)27-15-18-7-6-10-20(13-18)32-12-11-26/h3-10,13-14,16-17H,12,15H2,1-2H3,(H,27,31). The van der Waals surface area contributed by atoms with Gasteiger partial charge in [0.25, 0.3) is 5.91 Å². The number of pyridine rings is 1. The van der Waals surface area contributed by atoms with E-state index in [0.717, 1.165) is 16.8 Å². The molecule has 2 heterocycles. The minimum absolute atomic E-state index is 0.0209. The Bertz CT molecular complexity index is 1290. The van der Waals surface area contributed by atoms with Crippen molar-refractivity contribution >= 4 is 16.9 Å². The van der Waals surface area contributed by atoms with E-state index in [9.17, 15) is 4.79 Å². The van der Waals surface area contributed by atoms with Crippen LogP contribution in [-0.2, 0) is 6.54 Å². The van der Waals surface area contributed by atoms with Gasteiger partial charge in [-0.3, -0.25) is 4.79 Å². The summed E-state index contributed by atoms with van der Waals surface area (Å²) in [4.78, 5) is 18.0. The normalized spacial score (nSPS) is 10.8. The number of benzene rings is 2. The van der Waals surface area contributed by atoms with E-state index >= 15 is 0 Å². The average Bonchev–Trinajstić information content (AvgIpc) is 3.26. The maximum absolute atomic E-state index is 13.2. The van der Waals surface area contributed by atoms with E-state index < -0.39 is 0 Å². The Kier molecular flexibility index (Phi) is 6.13. The predicted octanol–water partition coefficient (Wildman–Crippen LogP) is 4.51. The van der Waals surface area contributed by atoms with Gasteiger partial charge < -0.3 is 10.1 Å². The second kappa shape index (κ2) is 9.31. The molecule has 2 aromatic carbocycles. The first kappa shape index (κ1) is 21.1. The fourth-order valence-corrected chi connectivity index (χ4v) is 3.48. The molecule has 1 amide bonds. The fourth-order valence-electron chi connectivity index (χ4n) is 3.48. The van der Waals surface area contributed by atoms with Crippen molar-refractivity contribution in [2.24, 2.45) is 0 Å². The van der Waals surface area contributed by atoms with Gasteiger partial charge in [0.05, 0.1) is 22.8 Å². The average molecular weight is 425 g/mol. The number of carbonyl (C=O) groups is 1. The van der Waals surface area contributed by atoms with Crippen LogP contribution < -0.4 is 10.1 Å². The fraction of sp³-hybridized carbons (Fsp3) is 0.200. The molecule has 160 valence electrons. The molecule has 32 heavy (non-hydrogen) atoms. The molecule has 0 aliphatic carbocycles. The number of fused-ring (bicyclic) bond motifs is 1. The summed E-state index contributed by atoms with van der Waals surface area (Å²) >= 11 is 0. The molecule has 0 aliphatic rings. The Labute approximate surface area is 186 Å². The molecule has 0 fully saturated rings. The van der Waals surface area contributed by atoms with E-state index in [4.69, 9.17) is 15.0 Å². The first-order chi connectivity index (χ1) is 15.6. The van der Waals surface area contributed by atoms with Crippen molar-refractivity contribution in [2.75, 3.05) is 6.61 Å². The third kappa shape index (κ3) is 4.44. The second-order valence-corrected chi connectivity index (χ2v) is 7.62. The molecule has 2 aromatic heterocycles. The number of nitriles is 1. The van der Waals surface area contributed by atoms with Gasteiger partial charge in [0, 0.05) is 18.2 Å². The monoisotopic (exact) mass is 425 g/mol. The third-order valence-electron chi connectivity index (χ3n) is 5.02. The van der Waals surface area contributed by atoms with Crippen molar-refractivity contribution in [3.8, 4) is 23.1 Å². The van der Waals surface area contributed by atoms with Crippen LogP contribution in [0.5, 0.6) is 5.75 Å². The lowest BCUT2D eigenvalue weighted by molar-refractivity contribution is 0.0952. The minimum Gasteiger partial charge on any atom is -0.479 e. The van der Waals surface area contributed by atoms with E-state index in [0.29, 0.717) is 28.9 Å². The van der Waals surface area contributed by atoms with Crippen LogP contribution >= 0.6 is 0 Å². The van der Waals surface area contributed by atoms with Crippen LogP contribution in [0.25, 0.3) is 22.3 Å². The zero-order chi connectivity index (χ0) is 22.5. The number of amides is 1. The lowest BCUT2D eigenvalue weighted by Gasteiger charge is -2.11. The van der Waals surface area contributed by atoms with Crippen LogP contribution in [0.15, 0.2) is 66.9 Å². The highest BCUT2D eigenvalue weighted by molar-refractivity contribution is 6.06. The van der Waals surface area contributed by atoms with Crippen LogP contribution in [-0.4, -0.2) is 27.3 Å². The molecule has 0 saturated carbocycles. The minimum atomic E-state index is -0.207. The van der Waals surface area contributed by atoms with Crippen molar-refractivity contribution in [2.45, 2.75) is 26.4 Å². The summed E-state index contributed by atoms with van der Waals surface area (Å²) in [6.07, 6.45) is 1.70. The van der Waals surface area contributed by atoms with Gasteiger partial charge >= 0.3 is 0 Å². The molecule has 0 radical (unpaired) electrons. The molecule has 0 spiro atoms. The quantitative estimate of drug-likeness (QED) is 0.470. The number of nitrogens with one attached hydrogen (secondary N) is 1. The largest absolute Gasteiger partial charge is 0.479 e. The molecule has 0 atom stereocenters. The zero-order valence-corrected chi connectivity index (χ0v) is 17.9. The van der Waals surface area contributed by atoms with Crippen molar-refractivity contribution in [3.05, 3.63) is 78.0 Å². The highest BCUT2D eigenvalue weighted by Gasteiger charge is 2.18. The summed E-state index contributed by atoms with van der Waals surface area (Å²) in [6, 6.07) is 21.0. The first-order valence-corrected chi connectivity index (χ1v) is 10.4. The number of ether oxygens (including phenoxy) is 1. The Morgan fingerprint density at radius 1 is 1.16 bits per heavy atom. The van der Waals surface area contributed by atoms with Gasteiger partial charge in [-0.25, -0.2) is 9.67 Å². The SMILES string of the molecule is CC(C)n1ncc2c(C(=O)NCc3cccc(OCC#N)c3)cc(-c3ccccc3)nc21. The van der Waals surface area contributed by atoms with Crippen molar-refractivity contribution in [3.63, 3.8) is 0 Å². The number of carbonyl (C=O) groups excluding carboxylic acids is 1.